The minimum absolute atomic E-state index is 0.00904. The van der Waals surface area contributed by atoms with E-state index in [9.17, 15) is 19.8 Å². The first-order valence-electron chi connectivity index (χ1n) is 34.4. The van der Waals surface area contributed by atoms with Crippen LogP contribution in [0.2, 0.25) is 0 Å². The van der Waals surface area contributed by atoms with Crippen LogP contribution in [-0.4, -0.2) is 47.4 Å². The van der Waals surface area contributed by atoms with E-state index in [1.807, 2.05) is 0 Å². The lowest BCUT2D eigenvalue weighted by atomic mass is 10.0. The van der Waals surface area contributed by atoms with E-state index in [1.54, 1.807) is 0 Å². The summed E-state index contributed by atoms with van der Waals surface area (Å²) in [6, 6.07) is -0.543. The van der Waals surface area contributed by atoms with Crippen LogP contribution in [0.1, 0.15) is 393 Å². The Morgan fingerprint density at radius 1 is 0.360 bits per heavy atom. The van der Waals surface area contributed by atoms with Crippen molar-refractivity contribution in [1.29, 1.82) is 0 Å². The minimum Gasteiger partial charge on any atom is -0.466 e. The number of carbonyl (C=O) groups is 2. The highest BCUT2D eigenvalue weighted by molar-refractivity contribution is 5.76. The highest BCUT2D eigenvalue weighted by Gasteiger charge is 2.20. The third kappa shape index (κ3) is 61.7. The second-order valence-electron chi connectivity index (χ2n) is 23.9. The average Bonchev–Trinajstić information content (AvgIpc) is 3.41. The van der Waals surface area contributed by atoms with Crippen molar-refractivity contribution < 1.29 is 24.5 Å². The lowest BCUT2D eigenvalue weighted by Gasteiger charge is -2.22. The van der Waals surface area contributed by atoms with Gasteiger partial charge in [-0.3, -0.25) is 9.59 Å². The standard InChI is InChI=1S/C69H135NO5/c1-3-5-7-9-11-13-15-17-19-21-23-26-29-33-37-41-45-49-53-57-61-67(72)66(65-71)70-68(73)62-58-54-50-46-42-38-34-30-27-24-25-28-32-36-40-44-48-52-56-60-64-75-69(74)63-59-55-51-47-43-39-35-31-22-20-18-16-14-12-10-8-6-4-2/h20,22,66-67,71-72H,3-19,21,23-65H2,1-2H3,(H,70,73)/b22-20-. The summed E-state index contributed by atoms with van der Waals surface area (Å²) in [4.78, 5) is 24.6. The molecule has 6 heteroatoms. The van der Waals surface area contributed by atoms with Crippen molar-refractivity contribution in [2.75, 3.05) is 13.2 Å². The third-order valence-electron chi connectivity index (χ3n) is 16.3. The molecule has 2 atom stereocenters. The number of rotatable bonds is 65. The van der Waals surface area contributed by atoms with Gasteiger partial charge in [-0.1, -0.05) is 341 Å². The molecular formula is C69H135NO5. The van der Waals surface area contributed by atoms with Gasteiger partial charge in [0.2, 0.25) is 5.91 Å². The van der Waals surface area contributed by atoms with Gasteiger partial charge in [-0.2, -0.15) is 0 Å². The maximum Gasteiger partial charge on any atom is 0.305 e. The number of allylic oxidation sites excluding steroid dienone is 2. The normalized spacial score (nSPS) is 12.5. The summed E-state index contributed by atoms with van der Waals surface area (Å²) in [7, 11) is 0. The van der Waals surface area contributed by atoms with E-state index in [0.717, 1.165) is 44.9 Å². The Bertz CT molecular complexity index is 1130. The Morgan fingerprint density at radius 3 is 0.947 bits per heavy atom. The van der Waals surface area contributed by atoms with Crippen molar-refractivity contribution in [3.05, 3.63) is 12.2 Å². The number of hydrogen-bond acceptors (Lipinski definition) is 5. The van der Waals surface area contributed by atoms with Crippen LogP contribution < -0.4 is 5.32 Å². The molecule has 0 fully saturated rings. The smallest absolute Gasteiger partial charge is 0.305 e. The van der Waals surface area contributed by atoms with Crippen LogP contribution in [0.4, 0.5) is 0 Å². The highest BCUT2D eigenvalue weighted by Crippen LogP contribution is 2.19. The van der Waals surface area contributed by atoms with E-state index in [4.69, 9.17) is 4.74 Å². The van der Waals surface area contributed by atoms with E-state index in [2.05, 4.69) is 31.3 Å². The first-order valence-corrected chi connectivity index (χ1v) is 34.4. The Balaban J connectivity index is 3.38. The summed E-state index contributed by atoms with van der Waals surface area (Å²) in [5.74, 6) is -0.0233. The number of esters is 1. The molecule has 0 radical (unpaired) electrons. The van der Waals surface area contributed by atoms with Crippen LogP contribution in [0.3, 0.4) is 0 Å². The molecule has 0 aromatic rings. The molecule has 3 N–H and O–H groups in total. The average molecular weight is 1060 g/mol. The Hall–Kier alpha value is -1.40. The first kappa shape index (κ1) is 73.6. The van der Waals surface area contributed by atoms with Crippen molar-refractivity contribution in [2.45, 2.75) is 405 Å². The van der Waals surface area contributed by atoms with Crippen molar-refractivity contribution in [2.24, 2.45) is 0 Å². The number of ether oxygens (including phenoxy) is 1. The zero-order valence-corrected chi connectivity index (χ0v) is 51.1. The van der Waals surface area contributed by atoms with Crippen LogP contribution in [0.15, 0.2) is 12.2 Å². The van der Waals surface area contributed by atoms with Crippen LogP contribution in [0.25, 0.3) is 0 Å². The van der Waals surface area contributed by atoms with Gasteiger partial charge >= 0.3 is 5.97 Å². The molecule has 0 heterocycles. The highest BCUT2D eigenvalue weighted by atomic mass is 16.5. The van der Waals surface area contributed by atoms with E-state index < -0.39 is 12.1 Å². The minimum atomic E-state index is -0.666. The number of carbonyl (C=O) groups excluding carboxylic acids is 2. The van der Waals surface area contributed by atoms with E-state index in [-0.39, 0.29) is 18.5 Å². The van der Waals surface area contributed by atoms with Crippen molar-refractivity contribution in [1.82, 2.24) is 5.32 Å². The molecule has 0 aromatic heterocycles. The maximum atomic E-state index is 12.5. The van der Waals surface area contributed by atoms with Gasteiger partial charge in [0, 0.05) is 12.8 Å². The van der Waals surface area contributed by atoms with Gasteiger partial charge in [-0.15, -0.1) is 0 Å². The topological polar surface area (TPSA) is 95.9 Å². The predicted octanol–water partition coefficient (Wildman–Crippen LogP) is 22.0. The molecule has 75 heavy (non-hydrogen) atoms. The molecule has 0 bridgehead atoms. The quantitative estimate of drug-likeness (QED) is 0.0320. The molecule has 0 aliphatic carbocycles. The van der Waals surface area contributed by atoms with Crippen molar-refractivity contribution in [3.8, 4) is 0 Å². The largest absolute Gasteiger partial charge is 0.466 e. The van der Waals surface area contributed by atoms with Crippen molar-refractivity contribution in [3.63, 3.8) is 0 Å². The van der Waals surface area contributed by atoms with Gasteiger partial charge in [-0.25, -0.2) is 0 Å². The molecule has 0 saturated carbocycles. The molecular weight excluding hydrogens is 923 g/mol. The number of nitrogens with one attached hydrogen (secondary N) is 1. The number of aliphatic hydroxyl groups excluding tert-OH is 2. The summed E-state index contributed by atoms with van der Waals surface area (Å²) < 4.78 is 5.50. The lowest BCUT2D eigenvalue weighted by molar-refractivity contribution is -0.143. The summed E-state index contributed by atoms with van der Waals surface area (Å²) in [5, 5.41) is 23.4. The predicted molar refractivity (Wildman–Crippen MR) is 329 cm³/mol. The summed E-state index contributed by atoms with van der Waals surface area (Å²) in [5.41, 5.74) is 0. The number of amides is 1. The Kier molecular flexibility index (Phi) is 63.9. The Morgan fingerprint density at radius 2 is 0.627 bits per heavy atom. The number of aliphatic hydroxyl groups is 2. The van der Waals surface area contributed by atoms with Crippen LogP contribution in [-0.2, 0) is 14.3 Å². The molecule has 1 amide bonds. The molecule has 0 aliphatic heterocycles. The number of hydrogen-bond donors (Lipinski definition) is 3. The molecule has 0 saturated heterocycles. The van der Waals surface area contributed by atoms with Gasteiger partial charge in [0.05, 0.1) is 25.4 Å². The van der Waals surface area contributed by atoms with Crippen LogP contribution in [0.5, 0.6) is 0 Å². The third-order valence-corrected chi connectivity index (χ3v) is 16.3. The molecule has 0 aromatic carbocycles. The van der Waals surface area contributed by atoms with E-state index >= 15 is 0 Å². The van der Waals surface area contributed by atoms with E-state index in [1.165, 1.54) is 315 Å². The first-order chi connectivity index (χ1) is 37.0. The fourth-order valence-electron chi connectivity index (χ4n) is 11.1. The number of unbranched alkanes of at least 4 members (excludes halogenated alkanes) is 52. The lowest BCUT2D eigenvalue weighted by Crippen LogP contribution is -2.45. The van der Waals surface area contributed by atoms with Gasteiger partial charge < -0.3 is 20.3 Å². The van der Waals surface area contributed by atoms with Gasteiger partial charge in [0.1, 0.15) is 0 Å². The fourth-order valence-corrected chi connectivity index (χ4v) is 11.1. The van der Waals surface area contributed by atoms with E-state index in [0.29, 0.717) is 25.9 Å². The second kappa shape index (κ2) is 65.1. The van der Waals surface area contributed by atoms with Crippen LogP contribution in [0, 0.1) is 0 Å². The molecule has 0 spiro atoms. The monoisotopic (exact) mass is 1060 g/mol. The molecule has 6 nitrogen and oxygen atoms in total. The summed E-state index contributed by atoms with van der Waals surface area (Å²) in [6.07, 6.45) is 79.5. The molecule has 0 aliphatic rings. The zero-order chi connectivity index (χ0) is 54.3. The Labute approximate surface area is 469 Å². The van der Waals surface area contributed by atoms with Gasteiger partial charge in [0.15, 0.2) is 0 Å². The molecule has 446 valence electrons. The van der Waals surface area contributed by atoms with Gasteiger partial charge in [-0.05, 0) is 51.4 Å². The van der Waals surface area contributed by atoms with Crippen LogP contribution >= 0.6 is 0 Å². The second-order valence-corrected chi connectivity index (χ2v) is 23.9. The maximum absolute atomic E-state index is 12.5. The zero-order valence-electron chi connectivity index (χ0n) is 51.1. The summed E-state index contributed by atoms with van der Waals surface area (Å²) >= 11 is 0. The fraction of sp³-hybridized carbons (Fsp3) is 0.942. The van der Waals surface area contributed by atoms with Crippen molar-refractivity contribution >= 4 is 11.9 Å². The SMILES string of the molecule is CCCCCCCCC/C=C\CCCCCCCCCC(=O)OCCCCCCCCCCCCCCCCCCCCCCC(=O)NC(CO)C(O)CCCCCCCCCCCCCCCCCCCCCC. The van der Waals surface area contributed by atoms with Gasteiger partial charge in [0.25, 0.3) is 0 Å². The molecule has 2 unspecified atom stereocenters. The summed E-state index contributed by atoms with van der Waals surface area (Å²) in [6.45, 7) is 4.99. The molecule has 0 rings (SSSR count).